The molecule has 4 aromatic rings. The van der Waals surface area contributed by atoms with Gasteiger partial charge >= 0.3 is 0 Å². The third-order valence-corrected chi connectivity index (χ3v) is 6.63. The molecule has 4 nitrogen and oxygen atoms in total. The van der Waals surface area contributed by atoms with Gasteiger partial charge in [-0.3, -0.25) is 17.3 Å². The number of hydrogen-bond donors (Lipinski definition) is 0. The summed E-state index contributed by atoms with van der Waals surface area (Å²) in [6.07, 6.45) is 0. The molecule has 5 heterocycles. The molecule has 4 aromatic heterocycles. The monoisotopic (exact) mass is 394 g/mol. The van der Waals surface area contributed by atoms with Crippen molar-refractivity contribution in [3.05, 3.63) is 102 Å². The maximum Gasteiger partial charge on any atom is 0.141 e. The van der Waals surface area contributed by atoms with Crippen LogP contribution in [0.5, 0.6) is 0 Å². The molecular weight excluding hydrogens is 368 g/mol. The molecule has 0 atom stereocenters. The third kappa shape index (κ3) is 2.28. The van der Waals surface area contributed by atoms with Crippen LogP contribution in [0, 0.1) is 20.2 Å². The first kappa shape index (κ1) is 18.4. The maximum absolute atomic E-state index is 4.36. The summed E-state index contributed by atoms with van der Waals surface area (Å²) in [5, 5.41) is 3.27. The van der Waals surface area contributed by atoms with Crippen LogP contribution in [0.15, 0.2) is 48.5 Å². The van der Waals surface area contributed by atoms with Crippen molar-refractivity contribution in [2.24, 2.45) is 7.05 Å². The molecule has 0 aliphatic carbocycles. The van der Waals surface area contributed by atoms with Crippen molar-refractivity contribution >= 4 is 16.7 Å². The molecule has 1 aliphatic rings. The highest BCUT2D eigenvalue weighted by molar-refractivity contribution is 5.63. The highest BCUT2D eigenvalue weighted by Crippen LogP contribution is 2.14. The van der Waals surface area contributed by atoms with Crippen molar-refractivity contribution in [1.82, 2.24) is 0 Å². The first-order chi connectivity index (χ1) is 14.3. The number of hydrogen-bond acceptors (Lipinski definition) is 0. The Morgan fingerprint density at radius 2 is 1.13 bits per heavy atom. The summed E-state index contributed by atoms with van der Waals surface area (Å²) >= 11 is 0. The van der Waals surface area contributed by atoms with E-state index < -0.39 is 0 Å². The quantitative estimate of drug-likeness (QED) is 0.291. The molecular formula is C26H26N4. The summed E-state index contributed by atoms with van der Waals surface area (Å²) in [5.74, 6) is 0. The molecule has 0 aromatic carbocycles. The van der Waals surface area contributed by atoms with Gasteiger partial charge in [0.2, 0.25) is 0 Å². The van der Waals surface area contributed by atoms with Crippen LogP contribution in [0.25, 0.3) is 28.1 Å². The van der Waals surface area contributed by atoms with Crippen molar-refractivity contribution in [2.45, 2.75) is 20.8 Å². The van der Waals surface area contributed by atoms with Gasteiger partial charge in [0.1, 0.15) is 40.5 Å². The van der Waals surface area contributed by atoms with Gasteiger partial charge in [-0.2, -0.15) is 0 Å². The second-order valence-corrected chi connectivity index (χ2v) is 8.13. The first-order valence-electron chi connectivity index (χ1n) is 10.1. The highest BCUT2D eigenvalue weighted by atomic mass is 15.0. The Morgan fingerprint density at radius 3 is 1.73 bits per heavy atom. The number of nitrogens with zero attached hydrogens (tertiary/aromatic N) is 4. The van der Waals surface area contributed by atoms with E-state index in [1.54, 1.807) is 0 Å². The Kier molecular flexibility index (Phi) is 3.78. The van der Waals surface area contributed by atoms with Crippen LogP contribution >= 0.6 is 0 Å². The van der Waals surface area contributed by atoms with E-state index >= 15 is 0 Å². The van der Waals surface area contributed by atoms with E-state index in [1.807, 2.05) is 12.7 Å². The SMILES string of the molecule is C=[n+]1c2cc[c-]1C(C)=c1cc[c-]([n+]1=C)-[c-]1ccc([n+]1=C)=C(C)[c-]1ccc([n+]1C)C=2C. The fraction of sp³-hybridized carbons (Fsp3) is 0.154. The predicted octanol–water partition coefficient (Wildman–Crippen LogP) is -0.195. The maximum atomic E-state index is 4.36. The average molecular weight is 395 g/mol. The van der Waals surface area contributed by atoms with Crippen molar-refractivity contribution in [2.75, 3.05) is 0 Å². The van der Waals surface area contributed by atoms with Gasteiger partial charge in [-0.25, -0.2) is 0 Å². The molecule has 0 spiro atoms. The van der Waals surface area contributed by atoms with Crippen LogP contribution in [-0.4, -0.2) is 0 Å². The third-order valence-electron chi connectivity index (χ3n) is 6.63. The minimum atomic E-state index is 1.03. The smallest absolute Gasteiger partial charge is 0.141 e. The summed E-state index contributed by atoms with van der Waals surface area (Å²) in [7, 11) is 2.12. The number of rotatable bonds is 0. The van der Waals surface area contributed by atoms with Gasteiger partial charge in [0.05, 0.1) is 31.2 Å². The molecule has 0 saturated carbocycles. The molecule has 8 bridgehead atoms. The molecule has 1 aliphatic heterocycles. The van der Waals surface area contributed by atoms with E-state index in [4.69, 9.17) is 0 Å². The van der Waals surface area contributed by atoms with Crippen LogP contribution in [0.2, 0.25) is 0 Å². The molecule has 30 heavy (non-hydrogen) atoms. The molecule has 4 heteroatoms. The van der Waals surface area contributed by atoms with E-state index in [1.165, 1.54) is 22.5 Å². The summed E-state index contributed by atoms with van der Waals surface area (Å²) in [6, 6.07) is 17.2. The Hall–Kier alpha value is -3.66. The van der Waals surface area contributed by atoms with Crippen molar-refractivity contribution in [1.29, 1.82) is 0 Å². The second kappa shape index (κ2) is 6.17. The summed E-state index contributed by atoms with van der Waals surface area (Å²) in [5.41, 5.74) is 9.01. The van der Waals surface area contributed by atoms with Crippen LogP contribution in [-0.2, 0) is 7.05 Å². The number of fused-ring (bicyclic) bond motifs is 9. The zero-order valence-electron chi connectivity index (χ0n) is 18.0. The summed E-state index contributed by atoms with van der Waals surface area (Å²) in [4.78, 5) is 0. The normalized spacial score (nSPS) is 13.5. The fourth-order valence-electron chi connectivity index (χ4n) is 4.82. The Balaban J connectivity index is 2.05. The summed E-state index contributed by atoms with van der Waals surface area (Å²) < 4.78 is 8.29. The van der Waals surface area contributed by atoms with Crippen LogP contribution in [0.1, 0.15) is 37.9 Å². The Labute approximate surface area is 175 Å². The largest absolute Gasteiger partial charge is 0.287 e. The van der Waals surface area contributed by atoms with Gasteiger partial charge < -0.3 is 0 Å². The zero-order chi connectivity index (χ0) is 21.3. The average Bonchev–Trinajstić information content (AvgIpc) is 3.46. The molecule has 0 radical (unpaired) electrons. The predicted molar refractivity (Wildman–Crippen MR) is 115 cm³/mol. The van der Waals surface area contributed by atoms with Gasteiger partial charge in [-0.05, 0) is 31.9 Å². The molecule has 0 saturated heterocycles. The Morgan fingerprint density at radius 1 is 0.633 bits per heavy atom. The lowest BCUT2D eigenvalue weighted by Crippen LogP contribution is -2.41. The highest BCUT2D eigenvalue weighted by Gasteiger charge is 2.17. The van der Waals surface area contributed by atoms with Gasteiger partial charge in [0, 0.05) is 5.57 Å². The Bertz CT molecular complexity index is 1680. The lowest BCUT2D eigenvalue weighted by Gasteiger charge is -2.04. The fourth-order valence-corrected chi connectivity index (χ4v) is 4.82. The van der Waals surface area contributed by atoms with Crippen LogP contribution in [0.3, 0.4) is 0 Å². The molecule has 5 rings (SSSR count). The summed E-state index contributed by atoms with van der Waals surface area (Å²) in [6.45, 7) is 19.5. The van der Waals surface area contributed by atoms with Gasteiger partial charge in [0.15, 0.2) is 0 Å². The van der Waals surface area contributed by atoms with E-state index in [0.29, 0.717) is 0 Å². The zero-order valence-corrected chi connectivity index (χ0v) is 18.0. The van der Waals surface area contributed by atoms with Gasteiger partial charge in [-0.1, -0.05) is 24.3 Å². The standard InChI is InChI=1S/C26H26N4/c1-16-19-8-10-21(27(19)4)17(2)23-12-14-25(29(23)6)26-15-13-24(30(26)7)18(3)22-11-9-20(16)28(22)5/h8-15H,4,6-7H2,1-3,5H3. The van der Waals surface area contributed by atoms with Crippen LogP contribution in [0.4, 0.5) is 0 Å². The lowest BCUT2D eigenvalue weighted by molar-refractivity contribution is -0.673. The van der Waals surface area contributed by atoms with E-state index in [9.17, 15) is 0 Å². The second-order valence-electron chi connectivity index (χ2n) is 8.13. The molecule has 0 N–H and O–H groups in total. The van der Waals surface area contributed by atoms with Gasteiger partial charge in [0.25, 0.3) is 0 Å². The van der Waals surface area contributed by atoms with E-state index in [0.717, 1.165) is 38.7 Å². The minimum Gasteiger partial charge on any atom is -0.287 e. The van der Waals surface area contributed by atoms with E-state index in [2.05, 4.69) is 101 Å². The molecule has 0 fully saturated rings. The first-order valence-corrected chi connectivity index (χ1v) is 10.1. The van der Waals surface area contributed by atoms with Gasteiger partial charge in [-0.15, -0.1) is 24.3 Å². The topological polar surface area (TPSA) is 21.6 Å². The van der Waals surface area contributed by atoms with Crippen molar-refractivity contribution in [3.8, 4) is 11.4 Å². The molecule has 150 valence electrons. The van der Waals surface area contributed by atoms with E-state index in [-0.39, 0.29) is 0 Å². The lowest BCUT2D eigenvalue weighted by atomic mass is 10.2. The minimum absolute atomic E-state index is 1.03. The number of aromatic nitrogens is 4. The van der Waals surface area contributed by atoms with Crippen molar-refractivity contribution in [3.63, 3.8) is 0 Å². The molecule has 0 amide bonds. The van der Waals surface area contributed by atoms with Crippen LogP contribution < -0.4 is 33.3 Å². The van der Waals surface area contributed by atoms with Crippen molar-refractivity contribution < 1.29 is 17.3 Å². The molecule has 0 unspecified atom stereocenters.